The molecule has 2 rings (SSSR count). The summed E-state index contributed by atoms with van der Waals surface area (Å²) >= 11 is 1.64. The van der Waals surface area contributed by atoms with Gasteiger partial charge in [-0.1, -0.05) is 4.68 Å². The van der Waals surface area contributed by atoms with Crippen molar-refractivity contribution in [1.29, 1.82) is 0 Å². The molecule has 0 radical (unpaired) electrons. The van der Waals surface area contributed by atoms with Crippen molar-refractivity contribution in [2.24, 2.45) is 0 Å². The third-order valence-electron chi connectivity index (χ3n) is 2.69. The minimum atomic E-state index is -6.00. The Morgan fingerprint density at radius 2 is 1.92 bits per heavy atom. The first-order chi connectivity index (χ1) is 11.1. The van der Waals surface area contributed by atoms with Gasteiger partial charge in [-0.05, 0) is 49.5 Å². The van der Waals surface area contributed by atoms with Crippen molar-refractivity contribution in [2.75, 3.05) is 7.11 Å². The number of benzene rings is 1. The third kappa shape index (κ3) is 6.99. The lowest BCUT2D eigenvalue weighted by Crippen LogP contribution is -2.36. The van der Waals surface area contributed by atoms with Crippen LogP contribution in [-0.4, -0.2) is 24.6 Å². The number of aromatic nitrogens is 2. The zero-order valence-electron chi connectivity index (χ0n) is 13.3. The smallest absolute Gasteiger partial charge is 0.508 e. The van der Waals surface area contributed by atoms with E-state index in [1.807, 2.05) is 23.8 Å². The Hall–Kier alpha value is -2.10. The van der Waals surface area contributed by atoms with Gasteiger partial charge >= 0.3 is 7.25 Å². The van der Waals surface area contributed by atoms with Crippen LogP contribution in [0.5, 0.6) is 11.5 Å². The summed E-state index contributed by atoms with van der Waals surface area (Å²) in [5, 5.41) is 16.0. The van der Waals surface area contributed by atoms with Gasteiger partial charge in [0.05, 0.1) is 7.11 Å². The normalized spacial score (nSPS) is 11.3. The van der Waals surface area contributed by atoms with Crippen LogP contribution in [0.1, 0.15) is 22.5 Å². The van der Waals surface area contributed by atoms with Gasteiger partial charge in [0.1, 0.15) is 11.5 Å². The molecule has 1 N–H and O–H groups in total. The number of phenols is 1. The molecule has 1 aromatic carbocycles. The number of aromatic hydroxyl groups is 1. The number of aryl methyl sites for hydroxylation is 2. The minimum absolute atomic E-state index is 0.226. The molecule has 0 aliphatic heterocycles. The quantitative estimate of drug-likeness (QED) is 0.508. The van der Waals surface area contributed by atoms with Crippen LogP contribution in [0.2, 0.25) is 0 Å². The highest BCUT2D eigenvalue weighted by molar-refractivity contribution is 7.11. The molecule has 10 heteroatoms. The molecule has 24 heavy (non-hydrogen) atoms. The maximum Gasteiger partial charge on any atom is 0.673 e. The van der Waals surface area contributed by atoms with Gasteiger partial charge in [0.15, 0.2) is 11.6 Å². The number of rotatable bonds is 4. The van der Waals surface area contributed by atoms with E-state index in [2.05, 4.69) is 12.0 Å². The van der Waals surface area contributed by atoms with E-state index >= 15 is 0 Å². The number of halogens is 4. The third-order valence-corrected chi connectivity index (χ3v) is 3.62. The molecule has 1 heterocycles. The topological polar surface area (TPSA) is 46.2 Å². The summed E-state index contributed by atoms with van der Waals surface area (Å²) in [6.45, 7) is 4.88. The van der Waals surface area contributed by atoms with E-state index in [1.54, 1.807) is 36.6 Å². The summed E-state index contributed by atoms with van der Waals surface area (Å²) in [4.78, 5) is 0. The molecule has 0 saturated carbocycles. The van der Waals surface area contributed by atoms with Crippen molar-refractivity contribution >= 4 is 30.7 Å². The van der Waals surface area contributed by atoms with Crippen LogP contribution < -0.4 is 9.42 Å². The molecule has 0 aliphatic rings. The minimum Gasteiger partial charge on any atom is -0.508 e. The van der Waals surface area contributed by atoms with Crippen LogP contribution in [0, 0.1) is 6.92 Å². The van der Waals surface area contributed by atoms with Crippen LogP contribution in [0.4, 0.5) is 17.3 Å². The van der Waals surface area contributed by atoms with E-state index in [4.69, 9.17) is 4.74 Å². The second kappa shape index (κ2) is 8.67. The zero-order chi connectivity index (χ0) is 18.3. The van der Waals surface area contributed by atoms with Crippen molar-refractivity contribution in [3.8, 4) is 11.5 Å². The standard InChI is InChI=1S/C14H16N2O2S.BF4/c1-4-16-14(19-10(2)15-16)8-5-11-9-12(17)6-7-13(11)18-3;2-1(3,4)5/h5-9H,4H2,1-3H3;/q;-1/p+1/b8-5+;. The molecule has 0 amide bonds. The van der Waals surface area contributed by atoms with Crippen molar-refractivity contribution in [2.45, 2.75) is 20.4 Å². The van der Waals surface area contributed by atoms with E-state index in [0.717, 1.165) is 27.9 Å². The molecule has 0 fully saturated rings. The first-order valence-electron chi connectivity index (χ1n) is 6.94. The molecule has 4 nitrogen and oxygen atoms in total. The summed E-state index contributed by atoms with van der Waals surface area (Å²) in [5.74, 6) is 0.961. The highest BCUT2D eigenvalue weighted by Gasteiger charge is 2.20. The predicted octanol–water partition coefficient (Wildman–Crippen LogP) is 3.94. The first-order valence-corrected chi connectivity index (χ1v) is 7.75. The Morgan fingerprint density at radius 3 is 2.46 bits per heavy atom. The van der Waals surface area contributed by atoms with Crippen LogP contribution in [0.15, 0.2) is 18.2 Å². The van der Waals surface area contributed by atoms with Gasteiger partial charge in [-0.3, -0.25) is 0 Å². The number of hydrogen-bond acceptors (Lipinski definition) is 4. The Labute approximate surface area is 141 Å². The largest absolute Gasteiger partial charge is 0.673 e. The van der Waals surface area contributed by atoms with Gasteiger partial charge in [-0.2, -0.15) is 0 Å². The first kappa shape index (κ1) is 20.0. The molecule has 1 aromatic heterocycles. The molecule has 0 bridgehead atoms. The summed E-state index contributed by atoms with van der Waals surface area (Å²) in [6, 6.07) is 5.04. The Morgan fingerprint density at radius 1 is 1.29 bits per heavy atom. The molecule has 0 aliphatic carbocycles. The number of nitrogens with zero attached hydrogens (tertiary/aromatic N) is 2. The number of hydrogen-bond donors (Lipinski definition) is 1. The van der Waals surface area contributed by atoms with E-state index in [-0.39, 0.29) is 5.75 Å². The van der Waals surface area contributed by atoms with Gasteiger partial charge in [-0.25, -0.2) is 0 Å². The van der Waals surface area contributed by atoms with E-state index in [1.165, 1.54) is 0 Å². The van der Waals surface area contributed by atoms with Gasteiger partial charge < -0.3 is 27.1 Å². The Kier molecular flexibility index (Phi) is 7.21. The van der Waals surface area contributed by atoms with Crippen molar-refractivity contribution in [3.63, 3.8) is 0 Å². The Balaban J connectivity index is 0.000000505. The second-order valence-electron chi connectivity index (χ2n) is 4.53. The van der Waals surface area contributed by atoms with Crippen LogP contribution in [-0.2, 0) is 6.54 Å². The second-order valence-corrected chi connectivity index (χ2v) is 5.74. The number of methoxy groups -OCH3 is 1. The molecule has 0 saturated heterocycles. The molecule has 0 atom stereocenters. The average molecular weight is 364 g/mol. The summed E-state index contributed by atoms with van der Waals surface area (Å²) < 4.78 is 46.2. The van der Waals surface area contributed by atoms with Crippen LogP contribution in [0.3, 0.4) is 0 Å². The van der Waals surface area contributed by atoms with E-state index in [9.17, 15) is 22.4 Å². The summed E-state index contributed by atoms with van der Waals surface area (Å²) in [5.41, 5.74) is 0.844. The highest BCUT2D eigenvalue weighted by atomic mass is 32.1. The van der Waals surface area contributed by atoms with E-state index in [0.29, 0.717) is 0 Å². The SMILES string of the molecule is CC[n+]1nc(C)sc1/C=C/c1cc(O)ccc1OC.F[B-](F)(F)F. The molecule has 2 aromatic rings. The average Bonchev–Trinajstić information content (AvgIpc) is 2.83. The maximum absolute atomic E-state index is 9.75. The predicted molar refractivity (Wildman–Crippen MR) is 86.5 cm³/mol. The van der Waals surface area contributed by atoms with E-state index < -0.39 is 7.25 Å². The van der Waals surface area contributed by atoms with Crippen molar-refractivity contribution in [1.82, 2.24) is 5.10 Å². The van der Waals surface area contributed by atoms with Crippen molar-refractivity contribution < 1.29 is 31.8 Å². The van der Waals surface area contributed by atoms with Gasteiger partial charge in [-0.15, -0.1) is 0 Å². The molecule has 0 spiro atoms. The van der Waals surface area contributed by atoms with Crippen LogP contribution >= 0.6 is 11.3 Å². The summed E-state index contributed by atoms with van der Waals surface area (Å²) in [7, 11) is -4.38. The fourth-order valence-corrected chi connectivity index (χ4v) is 2.66. The lowest BCUT2D eigenvalue weighted by atomic mass is 10.2. The summed E-state index contributed by atoms with van der Waals surface area (Å²) in [6.07, 6.45) is 3.92. The fourth-order valence-electron chi connectivity index (χ4n) is 1.80. The van der Waals surface area contributed by atoms with Crippen molar-refractivity contribution in [3.05, 3.63) is 33.8 Å². The molecule has 0 unspecified atom stereocenters. The van der Waals surface area contributed by atoms with Crippen LogP contribution in [0.25, 0.3) is 12.2 Å². The maximum atomic E-state index is 9.75. The van der Waals surface area contributed by atoms with Gasteiger partial charge in [0.25, 0.3) is 5.01 Å². The number of phenolic OH excluding ortho intramolecular Hbond substituents is 1. The fraction of sp³-hybridized carbons (Fsp3) is 0.286. The van der Waals surface area contributed by atoms with Gasteiger partial charge in [0, 0.05) is 16.7 Å². The number of ether oxygens (including phenoxy) is 1. The molecular weight excluding hydrogens is 347 g/mol. The lowest BCUT2D eigenvalue weighted by molar-refractivity contribution is -0.747. The van der Waals surface area contributed by atoms with Gasteiger partial charge in [0.2, 0.25) is 0 Å². The monoisotopic (exact) mass is 364 g/mol. The molecular formula is C14H17BF4N2O2S. The lowest BCUT2D eigenvalue weighted by Gasteiger charge is -2.04. The Bertz CT molecular complexity index is 699. The zero-order valence-corrected chi connectivity index (χ0v) is 14.2. The molecule has 132 valence electrons. The highest BCUT2D eigenvalue weighted by Crippen LogP contribution is 2.25.